The van der Waals surface area contributed by atoms with Crippen molar-refractivity contribution in [1.29, 1.82) is 0 Å². The smallest absolute Gasteiger partial charge is 0.180 e. The Morgan fingerprint density at radius 1 is 1.54 bits per heavy atom. The molecule has 1 aromatic heterocycles. The molecule has 0 aliphatic heterocycles. The van der Waals surface area contributed by atoms with Crippen LogP contribution < -0.4 is 5.73 Å². The molecule has 68 valence electrons. The van der Waals surface area contributed by atoms with Gasteiger partial charge in [-0.1, -0.05) is 11.8 Å². The minimum absolute atomic E-state index is 0.449. The van der Waals surface area contributed by atoms with Crippen LogP contribution in [0.5, 0.6) is 0 Å². The van der Waals surface area contributed by atoms with E-state index in [0.29, 0.717) is 5.17 Å². The summed E-state index contributed by atoms with van der Waals surface area (Å²) in [7, 11) is 0. The monoisotopic (exact) mass is 194 g/mol. The van der Waals surface area contributed by atoms with E-state index in [1.54, 1.807) is 18.6 Å². The average molecular weight is 194 g/mol. The fraction of sp³-hybridized carbons (Fsp3) is 0.125. The van der Waals surface area contributed by atoms with Crippen LogP contribution in [0.4, 0.5) is 0 Å². The van der Waals surface area contributed by atoms with Crippen LogP contribution in [0.3, 0.4) is 0 Å². The standard InChI is InChI=1S/C8H10N4S/c1-13-8(9)12-11-6-7-2-4-10-5-3-7/h2-6H,1H3,(H2,9,12)/b11-6-. The molecule has 2 N–H and O–H groups in total. The zero-order chi connectivity index (χ0) is 9.52. The molecule has 0 aromatic carbocycles. The third-order valence-electron chi connectivity index (χ3n) is 1.28. The number of pyridine rings is 1. The van der Waals surface area contributed by atoms with Crippen LogP contribution in [0.2, 0.25) is 0 Å². The van der Waals surface area contributed by atoms with E-state index < -0.39 is 0 Å². The second kappa shape index (κ2) is 5.31. The van der Waals surface area contributed by atoms with Gasteiger partial charge in [-0.15, -0.1) is 5.10 Å². The summed E-state index contributed by atoms with van der Waals surface area (Å²) in [5, 5.41) is 8.00. The van der Waals surface area contributed by atoms with Crippen molar-refractivity contribution in [3.8, 4) is 0 Å². The normalized spacial score (nSPS) is 12.2. The van der Waals surface area contributed by atoms with Crippen molar-refractivity contribution in [1.82, 2.24) is 4.98 Å². The molecule has 0 atom stereocenters. The molecular weight excluding hydrogens is 184 g/mol. The highest BCUT2D eigenvalue weighted by atomic mass is 32.2. The molecule has 0 fully saturated rings. The van der Waals surface area contributed by atoms with Crippen LogP contribution >= 0.6 is 11.8 Å². The molecule has 4 nitrogen and oxygen atoms in total. The number of rotatable bonds is 2. The Hall–Kier alpha value is -1.36. The number of hydrogen-bond acceptors (Lipinski definition) is 4. The molecule has 1 rings (SSSR count). The summed E-state index contributed by atoms with van der Waals surface area (Å²) in [4.78, 5) is 3.88. The molecule has 13 heavy (non-hydrogen) atoms. The second-order valence-corrected chi connectivity index (χ2v) is 2.99. The fourth-order valence-corrected chi connectivity index (χ4v) is 0.772. The van der Waals surface area contributed by atoms with Gasteiger partial charge in [0.15, 0.2) is 5.17 Å². The first-order valence-corrected chi connectivity index (χ1v) is 4.86. The SMILES string of the molecule is CS/C(N)=N/N=C\c1ccncc1. The summed E-state index contributed by atoms with van der Waals surface area (Å²) in [6, 6.07) is 3.68. The van der Waals surface area contributed by atoms with E-state index in [-0.39, 0.29) is 0 Å². The third kappa shape index (κ3) is 3.71. The third-order valence-corrected chi connectivity index (χ3v) is 1.78. The molecule has 0 spiro atoms. The lowest BCUT2D eigenvalue weighted by Crippen LogP contribution is -2.03. The van der Waals surface area contributed by atoms with Gasteiger partial charge in [0.1, 0.15) is 0 Å². The maximum atomic E-state index is 5.42. The number of amidine groups is 1. The maximum absolute atomic E-state index is 5.42. The van der Waals surface area contributed by atoms with Gasteiger partial charge >= 0.3 is 0 Å². The van der Waals surface area contributed by atoms with Gasteiger partial charge < -0.3 is 5.73 Å². The van der Waals surface area contributed by atoms with Gasteiger partial charge in [0.2, 0.25) is 0 Å². The zero-order valence-corrected chi connectivity index (χ0v) is 8.03. The van der Waals surface area contributed by atoms with Crippen molar-refractivity contribution in [2.75, 3.05) is 6.26 Å². The van der Waals surface area contributed by atoms with Crippen molar-refractivity contribution in [3.63, 3.8) is 0 Å². The van der Waals surface area contributed by atoms with Crippen LogP contribution in [-0.2, 0) is 0 Å². The summed E-state index contributed by atoms with van der Waals surface area (Å²) in [6.45, 7) is 0. The van der Waals surface area contributed by atoms with Crippen LogP contribution in [0.1, 0.15) is 5.56 Å². The highest BCUT2D eigenvalue weighted by Gasteiger charge is 1.84. The molecule has 0 saturated heterocycles. The Balaban J connectivity index is 2.60. The zero-order valence-electron chi connectivity index (χ0n) is 7.21. The Bertz CT molecular complexity index is 307. The number of nitrogens with zero attached hydrogens (tertiary/aromatic N) is 3. The fourth-order valence-electron chi connectivity index (χ4n) is 0.643. The molecule has 0 unspecified atom stereocenters. The van der Waals surface area contributed by atoms with Crippen molar-refractivity contribution < 1.29 is 0 Å². The first-order valence-electron chi connectivity index (χ1n) is 3.63. The largest absolute Gasteiger partial charge is 0.377 e. The number of hydrogen-bond donors (Lipinski definition) is 1. The minimum Gasteiger partial charge on any atom is -0.377 e. The molecular formula is C8H10N4S. The van der Waals surface area contributed by atoms with E-state index in [4.69, 9.17) is 5.73 Å². The van der Waals surface area contributed by atoms with Crippen LogP contribution in [0.15, 0.2) is 34.7 Å². The number of aromatic nitrogens is 1. The van der Waals surface area contributed by atoms with E-state index in [1.165, 1.54) is 11.8 Å². The molecule has 0 radical (unpaired) electrons. The van der Waals surface area contributed by atoms with Gasteiger partial charge in [-0.25, -0.2) is 0 Å². The van der Waals surface area contributed by atoms with E-state index in [1.807, 2.05) is 18.4 Å². The highest BCUT2D eigenvalue weighted by Crippen LogP contribution is 1.93. The molecule has 0 bridgehead atoms. The van der Waals surface area contributed by atoms with Crippen molar-refractivity contribution in [2.24, 2.45) is 15.9 Å². The lowest BCUT2D eigenvalue weighted by Gasteiger charge is -1.89. The van der Waals surface area contributed by atoms with Gasteiger partial charge in [0.05, 0.1) is 6.21 Å². The van der Waals surface area contributed by atoms with E-state index in [2.05, 4.69) is 15.2 Å². The Labute approximate surface area is 81.0 Å². The van der Waals surface area contributed by atoms with Gasteiger partial charge in [0, 0.05) is 12.4 Å². The molecule has 0 aliphatic carbocycles. The lowest BCUT2D eigenvalue weighted by molar-refractivity contribution is 1.25. The molecule has 0 amide bonds. The number of thioether (sulfide) groups is 1. The minimum atomic E-state index is 0.449. The summed E-state index contributed by atoms with van der Waals surface area (Å²) in [6.07, 6.45) is 6.87. The second-order valence-electron chi connectivity index (χ2n) is 2.17. The summed E-state index contributed by atoms with van der Waals surface area (Å²) in [5.41, 5.74) is 6.38. The predicted molar refractivity (Wildman–Crippen MR) is 57.0 cm³/mol. The summed E-state index contributed by atoms with van der Waals surface area (Å²) in [5.74, 6) is 0. The van der Waals surface area contributed by atoms with E-state index in [0.717, 1.165) is 5.56 Å². The molecule has 0 aliphatic rings. The van der Waals surface area contributed by atoms with Crippen LogP contribution in [-0.4, -0.2) is 22.6 Å². The predicted octanol–water partition coefficient (Wildman–Crippen LogP) is 1.09. The van der Waals surface area contributed by atoms with Gasteiger partial charge in [-0.2, -0.15) is 5.10 Å². The molecule has 5 heteroatoms. The molecule has 1 aromatic rings. The Morgan fingerprint density at radius 3 is 2.85 bits per heavy atom. The number of nitrogens with two attached hydrogens (primary N) is 1. The Kier molecular flexibility index (Phi) is 3.98. The average Bonchev–Trinajstić information content (AvgIpc) is 2.19. The maximum Gasteiger partial charge on any atom is 0.180 e. The summed E-state index contributed by atoms with van der Waals surface area (Å²) < 4.78 is 0. The highest BCUT2D eigenvalue weighted by molar-refractivity contribution is 8.13. The van der Waals surface area contributed by atoms with E-state index in [9.17, 15) is 0 Å². The van der Waals surface area contributed by atoms with Crippen molar-refractivity contribution in [3.05, 3.63) is 30.1 Å². The topological polar surface area (TPSA) is 63.6 Å². The van der Waals surface area contributed by atoms with Crippen molar-refractivity contribution in [2.45, 2.75) is 0 Å². The van der Waals surface area contributed by atoms with Crippen LogP contribution in [0, 0.1) is 0 Å². The first kappa shape index (κ1) is 9.73. The van der Waals surface area contributed by atoms with Gasteiger partial charge in [0.25, 0.3) is 0 Å². The van der Waals surface area contributed by atoms with Gasteiger partial charge in [-0.3, -0.25) is 4.98 Å². The first-order chi connectivity index (χ1) is 6.33. The summed E-state index contributed by atoms with van der Waals surface area (Å²) >= 11 is 1.36. The van der Waals surface area contributed by atoms with Crippen molar-refractivity contribution >= 4 is 23.1 Å². The van der Waals surface area contributed by atoms with Gasteiger partial charge in [-0.05, 0) is 24.0 Å². The molecule has 1 heterocycles. The lowest BCUT2D eigenvalue weighted by atomic mass is 10.3. The van der Waals surface area contributed by atoms with E-state index >= 15 is 0 Å². The molecule has 0 saturated carbocycles. The quantitative estimate of drug-likeness (QED) is 0.435. The van der Waals surface area contributed by atoms with Crippen LogP contribution in [0.25, 0.3) is 0 Å². The Morgan fingerprint density at radius 2 is 2.23 bits per heavy atom.